The van der Waals surface area contributed by atoms with Gasteiger partial charge in [-0.2, -0.15) is 22.0 Å². The fraction of sp³-hybridized carbons (Fsp3) is 0.812. The Balaban J connectivity index is 1.08. The van der Waals surface area contributed by atoms with Gasteiger partial charge < -0.3 is 10.2 Å². The van der Waals surface area contributed by atoms with Crippen LogP contribution in [0.4, 0.5) is 22.0 Å². The average Bonchev–Trinajstić information content (AvgIpc) is 3.25. The fourth-order valence-electron chi connectivity index (χ4n) is 8.31. The Hall–Kier alpha value is -1.22. The van der Waals surface area contributed by atoms with E-state index in [4.69, 9.17) is 0 Å². The Morgan fingerprint density at radius 1 is 0.854 bits per heavy atom. The van der Waals surface area contributed by atoms with Gasteiger partial charge in [-0.15, -0.1) is 0 Å². The first-order valence-electron chi connectivity index (χ1n) is 15.7. The van der Waals surface area contributed by atoms with Crippen LogP contribution in [0.1, 0.15) is 120 Å². The topological polar surface area (TPSA) is 57.5 Å². The number of aromatic hydroxyl groups is 1. The van der Waals surface area contributed by atoms with Crippen LogP contribution < -0.4 is 0 Å². The molecule has 2 saturated carbocycles. The summed E-state index contributed by atoms with van der Waals surface area (Å²) in [4.78, 5) is 0. The van der Waals surface area contributed by atoms with E-state index in [-0.39, 0.29) is 17.3 Å². The molecule has 3 aliphatic rings. The molecule has 9 heteroatoms. The predicted molar refractivity (Wildman–Crippen MR) is 153 cm³/mol. The van der Waals surface area contributed by atoms with E-state index in [0.717, 1.165) is 89.9 Å². The van der Waals surface area contributed by atoms with Gasteiger partial charge in [0.15, 0.2) is 0 Å². The number of hydrogen-bond donors (Lipinski definition) is 2. The van der Waals surface area contributed by atoms with Crippen molar-refractivity contribution in [2.45, 2.75) is 133 Å². The van der Waals surface area contributed by atoms with Crippen molar-refractivity contribution >= 4 is 10.8 Å². The van der Waals surface area contributed by atoms with E-state index in [1.807, 2.05) is 12.1 Å². The minimum atomic E-state index is -5.54. The van der Waals surface area contributed by atoms with Gasteiger partial charge in [0.25, 0.3) is 0 Å². The number of fused-ring (bicyclic) bond motifs is 5. The summed E-state index contributed by atoms with van der Waals surface area (Å²) in [6.07, 6.45) is 8.38. The normalized spacial score (nSPS) is 28.6. The maximum Gasteiger partial charge on any atom is 0.453 e. The summed E-state index contributed by atoms with van der Waals surface area (Å²) in [6.45, 7) is 0. The molecule has 2 N–H and O–H groups in total. The molecular formula is C32H47F5O3S. The van der Waals surface area contributed by atoms with Crippen molar-refractivity contribution < 1.29 is 36.4 Å². The lowest BCUT2D eigenvalue weighted by Crippen LogP contribution is -2.45. The van der Waals surface area contributed by atoms with E-state index in [9.17, 15) is 36.4 Å². The van der Waals surface area contributed by atoms with Crippen molar-refractivity contribution in [1.82, 2.24) is 0 Å². The molecule has 0 spiro atoms. The number of rotatable bonds is 15. The number of halogens is 5. The van der Waals surface area contributed by atoms with Crippen molar-refractivity contribution in [2.75, 3.05) is 11.5 Å². The van der Waals surface area contributed by atoms with Gasteiger partial charge in [-0.25, -0.2) is 0 Å². The third kappa shape index (κ3) is 7.84. The lowest BCUT2D eigenvalue weighted by molar-refractivity contribution is -0.284. The number of aliphatic hydroxyl groups is 1. The van der Waals surface area contributed by atoms with Crippen LogP contribution in [0.3, 0.4) is 0 Å². The second-order valence-electron chi connectivity index (χ2n) is 12.9. The minimum Gasteiger partial charge on any atom is -0.508 e. The van der Waals surface area contributed by atoms with Gasteiger partial charge in [-0.1, -0.05) is 51.0 Å². The van der Waals surface area contributed by atoms with Crippen LogP contribution in [-0.4, -0.2) is 44.1 Å². The first kappa shape index (κ1) is 32.7. The molecule has 0 radical (unpaired) electrons. The van der Waals surface area contributed by atoms with Crippen LogP contribution in [0.25, 0.3) is 0 Å². The van der Waals surface area contributed by atoms with Crippen LogP contribution in [0.5, 0.6) is 5.75 Å². The summed E-state index contributed by atoms with van der Waals surface area (Å²) in [5, 5.41) is 21.1. The van der Waals surface area contributed by atoms with Crippen LogP contribution in [0.15, 0.2) is 18.2 Å². The summed E-state index contributed by atoms with van der Waals surface area (Å²) >= 11 is 0. The highest BCUT2D eigenvalue weighted by Crippen LogP contribution is 2.63. The molecular weight excluding hydrogens is 559 g/mol. The van der Waals surface area contributed by atoms with Crippen LogP contribution in [0, 0.1) is 17.3 Å². The lowest BCUT2D eigenvalue weighted by atomic mass is 9.53. The molecule has 4 rings (SSSR count). The average molecular weight is 607 g/mol. The molecule has 234 valence electrons. The fourth-order valence-corrected chi connectivity index (χ4v) is 9.50. The maximum atomic E-state index is 12.9. The van der Waals surface area contributed by atoms with E-state index in [2.05, 4.69) is 6.07 Å². The zero-order valence-corrected chi connectivity index (χ0v) is 24.9. The third-order valence-corrected chi connectivity index (χ3v) is 11.9. The first-order chi connectivity index (χ1) is 19.4. The second-order valence-corrected chi connectivity index (χ2v) is 14.6. The SMILES string of the molecule is O=S(CCCCCCCCCC[C@]12CC[C@@H]3c4ccc(O)cc4CC[C@H]3[C@@H]1CCC2O)CCCC(F)(F)C(F)(F)F. The first-order valence-corrected chi connectivity index (χ1v) is 17.2. The molecule has 2 fully saturated rings. The largest absolute Gasteiger partial charge is 0.508 e. The molecule has 0 aliphatic heterocycles. The number of aryl methyl sites for hydroxylation is 1. The molecule has 6 atom stereocenters. The molecule has 0 saturated heterocycles. The standard InChI is InChI=1S/C32H47F5O3S/c33-31(34,32(35,36)37)18-9-21-41(40)20-8-6-4-2-1-3-5-7-17-30-19-16-26-25-13-11-24(38)22-23(25)10-12-27(26)28(30)14-15-29(30)39/h11,13,22,26-29,38-39H,1-10,12,14-21H2/t26-,27-,28+,29?,30+,41?/m1/s1. The van der Waals surface area contributed by atoms with Gasteiger partial charge in [-0.05, 0) is 104 Å². The third-order valence-electron chi connectivity index (χ3n) is 10.4. The van der Waals surface area contributed by atoms with Crippen molar-refractivity contribution in [3.05, 3.63) is 29.3 Å². The van der Waals surface area contributed by atoms with Crippen molar-refractivity contribution in [1.29, 1.82) is 0 Å². The number of benzene rings is 1. The Bertz CT molecular complexity index is 1020. The van der Waals surface area contributed by atoms with Gasteiger partial charge in [0.2, 0.25) is 0 Å². The number of hydrogen-bond acceptors (Lipinski definition) is 3. The number of phenolic OH excluding ortho intramolecular Hbond substituents is 1. The Labute approximate surface area is 244 Å². The quantitative estimate of drug-likeness (QED) is 0.155. The number of unbranched alkanes of at least 4 members (excludes halogenated alkanes) is 7. The zero-order chi connectivity index (χ0) is 29.7. The van der Waals surface area contributed by atoms with E-state index >= 15 is 0 Å². The van der Waals surface area contributed by atoms with Gasteiger partial charge in [0.1, 0.15) is 5.75 Å². The van der Waals surface area contributed by atoms with Gasteiger partial charge in [0, 0.05) is 28.7 Å². The lowest BCUT2D eigenvalue weighted by Gasteiger charge is -2.52. The monoisotopic (exact) mass is 606 g/mol. The molecule has 41 heavy (non-hydrogen) atoms. The molecule has 0 heterocycles. The van der Waals surface area contributed by atoms with E-state index < -0.39 is 35.7 Å². The molecule has 1 aromatic rings. The highest BCUT2D eigenvalue weighted by atomic mass is 32.2. The molecule has 3 nitrogen and oxygen atoms in total. The van der Waals surface area contributed by atoms with E-state index in [0.29, 0.717) is 35.7 Å². The minimum absolute atomic E-state index is 0.0634. The van der Waals surface area contributed by atoms with Crippen molar-refractivity contribution in [2.24, 2.45) is 17.3 Å². The Morgan fingerprint density at radius 3 is 2.22 bits per heavy atom. The van der Waals surface area contributed by atoms with Crippen LogP contribution >= 0.6 is 0 Å². The Kier molecular flexibility index (Phi) is 11.2. The number of phenols is 1. The molecule has 2 unspecified atom stereocenters. The Morgan fingerprint density at radius 2 is 1.51 bits per heavy atom. The maximum absolute atomic E-state index is 12.9. The zero-order valence-electron chi connectivity index (χ0n) is 24.1. The van der Waals surface area contributed by atoms with Crippen LogP contribution in [-0.2, 0) is 17.2 Å². The summed E-state index contributed by atoms with van der Waals surface area (Å²) in [5.41, 5.74) is 2.79. The highest BCUT2D eigenvalue weighted by Gasteiger charge is 2.57. The summed E-state index contributed by atoms with van der Waals surface area (Å²) in [5.74, 6) is -2.32. The van der Waals surface area contributed by atoms with Gasteiger partial charge >= 0.3 is 12.1 Å². The summed E-state index contributed by atoms with van der Waals surface area (Å²) in [7, 11) is -1.35. The van der Waals surface area contributed by atoms with Crippen molar-refractivity contribution in [3.8, 4) is 5.75 Å². The van der Waals surface area contributed by atoms with E-state index in [1.165, 1.54) is 11.1 Å². The van der Waals surface area contributed by atoms with Gasteiger partial charge in [-0.3, -0.25) is 4.21 Å². The predicted octanol–water partition coefficient (Wildman–Crippen LogP) is 8.83. The van der Waals surface area contributed by atoms with Crippen LogP contribution in [0.2, 0.25) is 0 Å². The van der Waals surface area contributed by atoms with E-state index in [1.54, 1.807) is 0 Å². The molecule has 1 aromatic carbocycles. The smallest absolute Gasteiger partial charge is 0.453 e. The highest BCUT2D eigenvalue weighted by molar-refractivity contribution is 7.84. The summed E-state index contributed by atoms with van der Waals surface area (Å²) in [6, 6.07) is 5.90. The molecule has 0 amide bonds. The number of alkyl halides is 5. The molecule has 3 aliphatic carbocycles. The summed E-state index contributed by atoms with van der Waals surface area (Å²) < 4.78 is 74.3. The molecule has 0 bridgehead atoms. The van der Waals surface area contributed by atoms with Gasteiger partial charge in [0.05, 0.1) is 6.10 Å². The number of aliphatic hydroxyl groups excluding tert-OH is 1. The molecule has 0 aromatic heterocycles. The second kappa shape index (κ2) is 14.0. The van der Waals surface area contributed by atoms with Crippen molar-refractivity contribution in [3.63, 3.8) is 0 Å².